The first-order valence-corrected chi connectivity index (χ1v) is 8.16. The van der Waals surface area contributed by atoms with Crippen molar-refractivity contribution in [2.75, 3.05) is 5.32 Å². The highest BCUT2D eigenvalue weighted by Gasteiger charge is 2.06. The predicted molar refractivity (Wildman–Crippen MR) is 117 cm³/mol. The molecule has 3 aromatic rings. The maximum atomic E-state index is 5.97. The van der Waals surface area contributed by atoms with Gasteiger partial charge in [-0.1, -0.05) is 23.8 Å². The van der Waals surface area contributed by atoms with Crippen LogP contribution in [0.3, 0.4) is 0 Å². The van der Waals surface area contributed by atoms with Crippen LogP contribution in [0.5, 0.6) is 0 Å². The first-order chi connectivity index (χ1) is 12.0. The summed E-state index contributed by atoms with van der Waals surface area (Å²) in [6.07, 6.45) is 1.61. The third-order valence-corrected chi connectivity index (χ3v) is 3.76. The van der Waals surface area contributed by atoms with E-state index in [-0.39, 0.29) is 24.0 Å². The molecule has 136 valence electrons. The summed E-state index contributed by atoms with van der Waals surface area (Å²) in [5.74, 6) is 0.941. The van der Waals surface area contributed by atoms with E-state index in [4.69, 9.17) is 10.2 Å². The normalized spacial score (nSPS) is 11.1. The first-order valence-electron chi connectivity index (χ1n) is 8.16. The zero-order chi connectivity index (χ0) is 17.8. The Balaban J connectivity index is 0.00000243. The SMILES string of the molecule is Cc1ccc(-c2nc(CN=C(N)Nc3cc(C)cc(C)c3)co2)cc1.I. The quantitative estimate of drug-likeness (QED) is 0.332. The van der Waals surface area contributed by atoms with E-state index in [0.29, 0.717) is 18.4 Å². The molecule has 0 unspecified atom stereocenters. The van der Waals surface area contributed by atoms with Crippen LogP contribution in [0.1, 0.15) is 22.4 Å². The minimum atomic E-state index is 0. The van der Waals surface area contributed by atoms with E-state index in [1.807, 2.05) is 57.2 Å². The average molecular weight is 462 g/mol. The van der Waals surface area contributed by atoms with Crippen LogP contribution in [-0.2, 0) is 6.54 Å². The topological polar surface area (TPSA) is 76.4 Å². The molecule has 6 heteroatoms. The largest absolute Gasteiger partial charge is 0.444 e. The molecular formula is C20H23IN4O. The third kappa shape index (κ3) is 5.32. The number of aryl methyl sites for hydroxylation is 3. The van der Waals surface area contributed by atoms with Crippen molar-refractivity contribution in [3.8, 4) is 11.5 Å². The number of hydrogen-bond acceptors (Lipinski definition) is 3. The van der Waals surface area contributed by atoms with Crippen molar-refractivity contribution in [1.82, 2.24) is 4.98 Å². The molecule has 5 nitrogen and oxygen atoms in total. The Morgan fingerprint density at radius 3 is 2.35 bits per heavy atom. The first kappa shape index (κ1) is 20.0. The summed E-state index contributed by atoms with van der Waals surface area (Å²) in [4.78, 5) is 8.79. The molecule has 2 aromatic carbocycles. The molecule has 0 amide bonds. The van der Waals surface area contributed by atoms with Gasteiger partial charge in [0.25, 0.3) is 0 Å². The summed E-state index contributed by atoms with van der Waals surface area (Å²) in [5.41, 5.74) is 12.1. The highest BCUT2D eigenvalue weighted by atomic mass is 127. The number of oxazole rings is 1. The van der Waals surface area contributed by atoms with E-state index < -0.39 is 0 Å². The Hall–Kier alpha value is -2.35. The molecule has 0 aliphatic carbocycles. The van der Waals surface area contributed by atoms with Gasteiger partial charge in [-0.25, -0.2) is 9.98 Å². The molecule has 0 bridgehead atoms. The van der Waals surface area contributed by atoms with Crippen molar-refractivity contribution in [3.63, 3.8) is 0 Å². The standard InChI is InChI=1S/C20H22N4O.HI/c1-13-4-6-16(7-5-13)19-23-18(12-25-19)11-22-20(21)24-17-9-14(2)8-15(3)10-17;/h4-10,12H,11H2,1-3H3,(H3,21,22,24);1H. The summed E-state index contributed by atoms with van der Waals surface area (Å²) >= 11 is 0. The molecular weight excluding hydrogens is 439 g/mol. The maximum Gasteiger partial charge on any atom is 0.226 e. The Bertz CT molecular complexity index is 880. The number of nitrogens with two attached hydrogens (primary N) is 1. The zero-order valence-corrected chi connectivity index (χ0v) is 17.4. The van der Waals surface area contributed by atoms with Gasteiger partial charge in [0.1, 0.15) is 12.0 Å². The number of anilines is 1. The lowest BCUT2D eigenvalue weighted by atomic mass is 10.1. The molecule has 3 N–H and O–H groups in total. The number of nitrogens with one attached hydrogen (secondary N) is 1. The van der Waals surface area contributed by atoms with Crippen molar-refractivity contribution in [1.29, 1.82) is 0 Å². The maximum absolute atomic E-state index is 5.97. The molecule has 0 spiro atoms. The monoisotopic (exact) mass is 462 g/mol. The molecule has 0 aliphatic heterocycles. The average Bonchev–Trinajstić information content (AvgIpc) is 3.01. The van der Waals surface area contributed by atoms with Gasteiger partial charge < -0.3 is 15.5 Å². The molecule has 1 aromatic heterocycles. The molecule has 0 saturated carbocycles. The summed E-state index contributed by atoms with van der Waals surface area (Å²) in [5, 5.41) is 3.11. The van der Waals surface area contributed by atoms with E-state index in [2.05, 4.69) is 21.4 Å². The van der Waals surface area contributed by atoms with E-state index in [1.54, 1.807) is 6.26 Å². The highest BCUT2D eigenvalue weighted by Crippen LogP contribution is 2.19. The smallest absolute Gasteiger partial charge is 0.226 e. The number of aliphatic imine (C=N–C) groups is 1. The van der Waals surface area contributed by atoms with Gasteiger partial charge in [-0.05, 0) is 56.2 Å². The molecule has 0 atom stereocenters. The Morgan fingerprint density at radius 2 is 1.69 bits per heavy atom. The lowest BCUT2D eigenvalue weighted by Crippen LogP contribution is -2.22. The molecule has 0 saturated heterocycles. The molecule has 26 heavy (non-hydrogen) atoms. The van der Waals surface area contributed by atoms with E-state index in [0.717, 1.165) is 16.9 Å². The van der Waals surface area contributed by atoms with Crippen LogP contribution in [0, 0.1) is 20.8 Å². The van der Waals surface area contributed by atoms with Crippen molar-refractivity contribution in [2.24, 2.45) is 10.7 Å². The van der Waals surface area contributed by atoms with Gasteiger partial charge in [0, 0.05) is 11.3 Å². The Morgan fingerprint density at radius 1 is 1.04 bits per heavy atom. The number of halogens is 1. The summed E-state index contributed by atoms with van der Waals surface area (Å²) in [6.45, 7) is 6.50. The van der Waals surface area contributed by atoms with Crippen molar-refractivity contribution in [2.45, 2.75) is 27.3 Å². The number of guanidine groups is 1. The van der Waals surface area contributed by atoms with Crippen LogP contribution in [0.2, 0.25) is 0 Å². The van der Waals surface area contributed by atoms with Crippen LogP contribution in [0.4, 0.5) is 5.69 Å². The van der Waals surface area contributed by atoms with Gasteiger partial charge >= 0.3 is 0 Å². The number of nitrogens with zero attached hydrogens (tertiary/aromatic N) is 2. The minimum absolute atomic E-state index is 0. The number of rotatable bonds is 4. The van der Waals surface area contributed by atoms with Crippen molar-refractivity contribution in [3.05, 3.63) is 71.1 Å². The highest BCUT2D eigenvalue weighted by molar-refractivity contribution is 14.0. The lowest BCUT2D eigenvalue weighted by Gasteiger charge is -2.07. The fraction of sp³-hybridized carbons (Fsp3) is 0.200. The summed E-state index contributed by atoms with van der Waals surface area (Å²) in [7, 11) is 0. The third-order valence-electron chi connectivity index (χ3n) is 3.76. The molecule has 1 heterocycles. The minimum Gasteiger partial charge on any atom is -0.444 e. The predicted octanol–water partition coefficient (Wildman–Crippen LogP) is 4.81. The summed E-state index contributed by atoms with van der Waals surface area (Å²) < 4.78 is 5.53. The number of aromatic nitrogens is 1. The van der Waals surface area contributed by atoms with Crippen LogP contribution < -0.4 is 11.1 Å². The lowest BCUT2D eigenvalue weighted by molar-refractivity contribution is 0.572. The van der Waals surface area contributed by atoms with Gasteiger partial charge in [-0.3, -0.25) is 0 Å². The second-order valence-electron chi connectivity index (χ2n) is 6.21. The van der Waals surface area contributed by atoms with Crippen LogP contribution in [0.25, 0.3) is 11.5 Å². The van der Waals surface area contributed by atoms with Crippen molar-refractivity contribution < 1.29 is 4.42 Å². The van der Waals surface area contributed by atoms with Crippen LogP contribution >= 0.6 is 24.0 Å². The van der Waals surface area contributed by atoms with Gasteiger partial charge in [-0.2, -0.15) is 0 Å². The second-order valence-corrected chi connectivity index (χ2v) is 6.21. The molecule has 0 fully saturated rings. The Labute approximate surface area is 170 Å². The van der Waals surface area contributed by atoms with Gasteiger partial charge in [0.2, 0.25) is 5.89 Å². The van der Waals surface area contributed by atoms with Gasteiger partial charge in [0.15, 0.2) is 5.96 Å². The van der Waals surface area contributed by atoms with E-state index >= 15 is 0 Å². The molecule has 0 aliphatic rings. The number of benzene rings is 2. The second kappa shape index (κ2) is 8.84. The van der Waals surface area contributed by atoms with Gasteiger partial charge in [-0.15, -0.1) is 24.0 Å². The summed E-state index contributed by atoms with van der Waals surface area (Å²) in [6, 6.07) is 14.2. The van der Waals surface area contributed by atoms with E-state index in [1.165, 1.54) is 16.7 Å². The van der Waals surface area contributed by atoms with E-state index in [9.17, 15) is 0 Å². The fourth-order valence-corrected chi connectivity index (χ4v) is 2.61. The van der Waals surface area contributed by atoms with Crippen LogP contribution in [-0.4, -0.2) is 10.9 Å². The van der Waals surface area contributed by atoms with Crippen LogP contribution in [0.15, 0.2) is 58.1 Å². The molecule has 0 radical (unpaired) electrons. The Kier molecular flexibility index (Phi) is 6.79. The zero-order valence-electron chi connectivity index (χ0n) is 15.1. The fourth-order valence-electron chi connectivity index (χ4n) is 2.61. The molecule has 3 rings (SSSR count). The van der Waals surface area contributed by atoms with Crippen molar-refractivity contribution >= 4 is 35.6 Å². The number of hydrogen-bond donors (Lipinski definition) is 2. The van der Waals surface area contributed by atoms with Gasteiger partial charge in [0.05, 0.1) is 6.54 Å².